The molecule has 0 unspecified atom stereocenters. The lowest BCUT2D eigenvalue weighted by atomic mass is 9.95. The van der Waals surface area contributed by atoms with Crippen molar-refractivity contribution in [2.24, 2.45) is 0 Å². The first-order chi connectivity index (χ1) is 5.65. The van der Waals surface area contributed by atoms with Crippen LogP contribution in [0.15, 0.2) is 12.1 Å². The third-order valence-corrected chi connectivity index (χ3v) is 1.56. The standard InChI is InChI=1S/C7H4BClFNO/c8-5-1-4(11-3-12)2-6(9)7(5)10/h1-3H,(H,11,12). The van der Waals surface area contributed by atoms with Crippen molar-refractivity contribution in [2.45, 2.75) is 0 Å². The Morgan fingerprint density at radius 3 is 2.75 bits per heavy atom. The molecule has 2 radical (unpaired) electrons. The van der Waals surface area contributed by atoms with Crippen LogP contribution in [0.4, 0.5) is 10.1 Å². The quantitative estimate of drug-likeness (QED) is 0.534. The summed E-state index contributed by atoms with van der Waals surface area (Å²) >= 11 is 5.44. The molecule has 0 spiro atoms. The second-order valence-electron chi connectivity index (χ2n) is 2.12. The Hall–Kier alpha value is -1.03. The van der Waals surface area contributed by atoms with Crippen molar-refractivity contribution in [3.8, 4) is 0 Å². The zero-order valence-corrected chi connectivity index (χ0v) is 6.73. The Balaban J connectivity index is 3.11. The van der Waals surface area contributed by atoms with Gasteiger partial charge in [-0.2, -0.15) is 0 Å². The lowest BCUT2D eigenvalue weighted by molar-refractivity contribution is -0.105. The smallest absolute Gasteiger partial charge is 0.211 e. The monoisotopic (exact) mass is 183 g/mol. The normalized spacial score (nSPS) is 9.50. The Bertz CT molecular complexity index is 295. The van der Waals surface area contributed by atoms with Crippen LogP contribution in [0.25, 0.3) is 0 Å². The van der Waals surface area contributed by atoms with Crippen LogP contribution in [-0.4, -0.2) is 14.3 Å². The number of carbonyl (C=O) groups excluding carboxylic acids is 1. The molecule has 0 aliphatic carbocycles. The molecule has 1 amide bonds. The van der Waals surface area contributed by atoms with Gasteiger partial charge in [0.25, 0.3) is 0 Å². The Morgan fingerprint density at radius 2 is 2.25 bits per heavy atom. The number of nitrogens with one attached hydrogen (secondary N) is 1. The summed E-state index contributed by atoms with van der Waals surface area (Å²) in [6.07, 6.45) is 0.461. The lowest BCUT2D eigenvalue weighted by Gasteiger charge is -2.03. The van der Waals surface area contributed by atoms with Crippen LogP contribution >= 0.6 is 11.6 Å². The van der Waals surface area contributed by atoms with E-state index in [0.717, 1.165) is 0 Å². The predicted molar refractivity (Wildman–Crippen MR) is 46.5 cm³/mol. The molecule has 1 N–H and O–H groups in total. The number of rotatable bonds is 2. The van der Waals surface area contributed by atoms with Gasteiger partial charge in [-0.1, -0.05) is 17.1 Å². The minimum absolute atomic E-state index is 0.0909. The first-order valence-electron chi connectivity index (χ1n) is 3.10. The van der Waals surface area contributed by atoms with E-state index in [1.165, 1.54) is 12.1 Å². The fourth-order valence-corrected chi connectivity index (χ4v) is 0.988. The molecule has 12 heavy (non-hydrogen) atoms. The van der Waals surface area contributed by atoms with Crippen molar-refractivity contribution in [3.05, 3.63) is 23.0 Å². The molecule has 2 nitrogen and oxygen atoms in total. The molecule has 1 aromatic rings. The second-order valence-corrected chi connectivity index (χ2v) is 2.53. The molecule has 1 rings (SSSR count). The summed E-state index contributed by atoms with van der Waals surface area (Å²) < 4.78 is 12.8. The SMILES string of the molecule is [B]c1cc(NC=O)cc(Cl)c1F. The molecule has 0 saturated carbocycles. The number of hydrogen-bond acceptors (Lipinski definition) is 1. The number of halogens is 2. The summed E-state index contributed by atoms with van der Waals surface area (Å²) in [5.74, 6) is -0.673. The van der Waals surface area contributed by atoms with Crippen LogP contribution in [-0.2, 0) is 4.79 Å². The minimum Gasteiger partial charge on any atom is -0.329 e. The van der Waals surface area contributed by atoms with Gasteiger partial charge in [0.15, 0.2) is 0 Å². The highest BCUT2D eigenvalue weighted by Gasteiger charge is 2.04. The van der Waals surface area contributed by atoms with E-state index in [0.29, 0.717) is 12.1 Å². The fourth-order valence-electron chi connectivity index (χ4n) is 0.762. The maximum absolute atomic E-state index is 12.8. The third-order valence-electron chi connectivity index (χ3n) is 1.28. The van der Waals surface area contributed by atoms with Crippen molar-refractivity contribution in [1.29, 1.82) is 0 Å². The van der Waals surface area contributed by atoms with Crippen LogP contribution in [0.3, 0.4) is 0 Å². The highest BCUT2D eigenvalue weighted by atomic mass is 35.5. The minimum atomic E-state index is -0.673. The third kappa shape index (κ3) is 1.77. The average molecular weight is 183 g/mol. The van der Waals surface area contributed by atoms with Gasteiger partial charge in [-0.15, -0.1) is 0 Å². The molecule has 60 valence electrons. The van der Waals surface area contributed by atoms with Gasteiger partial charge in [0, 0.05) is 5.69 Å². The van der Waals surface area contributed by atoms with Gasteiger partial charge >= 0.3 is 0 Å². The zero-order chi connectivity index (χ0) is 9.14. The van der Waals surface area contributed by atoms with Crippen molar-refractivity contribution in [3.63, 3.8) is 0 Å². The van der Waals surface area contributed by atoms with Crippen molar-refractivity contribution in [1.82, 2.24) is 0 Å². The number of benzene rings is 1. The van der Waals surface area contributed by atoms with E-state index in [9.17, 15) is 9.18 Å². The van der Waals surface area contributed by atoms with E-state index >= 15 is 0 Å². The van der Waals surface area contributed by atoms with Gasteiger partial charge in [0.1, 0.15) is 13.7 Å². The highest BCUT2D eigenvalue weighted by molar-refractivity contribution is 6.37. The van der Waals surface area contributed by atoms with Gasteiger partial charge < -0.3 is 5.32 Å². The van der Waals surface area contributed by atoms with Gasteiger partial charge in [-0.05, 0) is 12.1 Å². The van der Waals surface area contributed by atoms with Crippen LogP contribution in [0.1, 0.15) is 0 Å². The summed E-state index contributed by atoms with van der Waals surface area (Å²) in [7, 11) is 5.24. The average Bonchev–Trinajstić information content (AvgIpc) is 2.01. The molecule has 5 heteroatoms. The van der Waals surface area contributed by atoms with Gasteiger partial charge in [0.05, 0.1) is 5.02 Å². The van der Waals surface area contributed by atoms with Crippen LogP contribution in [0.2, 0.25) is 5.02 Å². The zero-order valence-electron chi connectivity index (χ0n) is 5.97. The fraction of sp³-hybridized carbons (Fsp3) is 0. The van der Waals surface area contributed by atoms with E-state index < -0.39 is 5.82 Å². The molecule has 0 atom stereocenters. The van der Waals surface area contributed by atoms with E-state index in [4.69, 9.17) is 19.4 Å². The Kier molecular flexibility index (Phi) is 2.71. The number of anilines is 1. The first kappa shape index (κ1) is 9.07. The summed E-state index contributed by atoms with van der Waals surface area (Å²) in [6, 6.07) is 2.57. The lowest BCUT2D eigenvalue weighted by Crippen LogP contribution is -2.10. The van der Waals surface area contributed by atoms with Crippen LogP contribution in [0, 0.1) is 5.82 Å². The molecule has 1 aromatic carbocycles. The van der Waals surface area contributed by atoms with Crippen LogP contribution < -0.4 is 10.8 Å². The van der Waals surface area contributed by atoms with Gasteiger partial charge in [-0.3, -0.25) is 4.79 Å². The molecule has 0 aliphatic heterocycles. The van der Waals surface area contributed by atoms with Crippen molar-refractivity contribution in [2.75, 3.05) is 5.32 Å². The molecule has 0 saturated heterocycles. The molecule has 0 aromatic heterocycles. The second kappa shape index (κ2) is 3.58. The summed E-state index contributed by atoms with van der Waals surface area (Å²) in [6.45, 7) is 0. The van der Waals surface area contributed by atoms with E-state index in [1.54, 1.807) is 0 Å². The number of amides is 1. The van der Waals surface area contributed by atoms with Crippen molar-refractivity contribution >= 4 is 37.0 Å². The van der Waals surface area contributed by atoms with Crippen LogP contribution in [0.5, 0.6) is 0 Å². The summed E-state index contributed by atoms with van der Waals surface area (Å²) in [5, 5.41) is 2.19. The molecular weight excluding hydrogens is 179 g/mol. The summed E-state index contributed by atoms with van der Waals surface area (Å²) in [4.78, 5) is 9.99. The molecule has 0 aliphatic rings. The Morgan fingerprint density at radius 1 is 1.58 bits per heavy atom. The van der Waals surface area contributed by atoms with E-state index in [1.807, 2.05) is 0 Å². The maximum atomic E-state index is 12.8. The van der Waals surface area contributed by atoms with E-state index in [-0.39, 0.29) is 10.5 Å². The number of carbonyl (C=O) groups is 1. The first-order valence-corrected chi connectivity index (χ1v) is 3.47. The van der Waals surface area contributed by atoms with Gasteiger partial charge in [-0.25, -0.2) is 4.39 Å². The van der Waals surface area contributed by atoms with Gasteiger partial charge in [0.2, 0.25) is 6.41 Å². The topological polar surface area (TPSA) is 29.1 Å². The maximum Gasteiger partial charge on any atom is 0.211 e. The Labute approximate surface area is 75.1 Å². The molecule has 0 heterocycles. The largest absolute Gasteiger partial charge is 0.329 e. The van der Waals surface area contributed by atoms with E-state index in [2.05, 4.69) is 5.32 Å². The van der Waals surface area contributed by atoms with Crippen molar-refractivity contribution < 1.29 is 9.18 Å². The highest BCUT2D eigenvalue weighted by Crippen LogP contribution is 2.16. The molecule has 0 fully saturated rings. The molecular formula is C7H4BClFNO. The predicted octanol–water partition coefficient (Wildman–Crippen LogP) is 0.841. The number of hydrogen-bond donors (Lipinski definition) is 1. The molecule has 0 bridgehead atoms. The summed E-state index contributed by atoms with van der Waals surface area (Å²) in [5.41, 5.74) is 0.278.